The molecule has 0 aromatic heterocycles. The number of rotatable bonds is 9. The van der Waals surface area contributed by atoms with Crippen molar-refractivity contribution in [1.29, 1.82) is 0 Å². The van der Waals surface area contributed by atoms with Crippen LogP contribution in [-0.2, 0) is 16.1 Å². The molecule has 0 aliphatic rings. The number of hydrogen-bond acceptors (Lipinski definition) is 5. The zero-order valence-corrected chi connectivity index (χ0v) is 11.5. The van der Waals surface area contributed by atoms with Gasteiger partial charge in [-0.15, -0.1) is 0 Å². The second-order valence-electron chi connectivity index (χ2n) is 4.98. The van der Waals surface area contributed by atoms with Crippen molar-refractivity contribution >= 4 is 5.97 Å². The van der Waals surface area contributed by atoms with Crippen LogP contribution in [0, 0.1) is 0 Å². The van der Waals surface area contributed by atoms with Gasteiger partial charge in [-0.3, -0.25) is 4.79 Å². The summed E-state index contributed by atoms with van der Waals surface area (Å²) in [6.07, 6.45) is 0.666. The van der Waals surface area contributed by atoms with Crippen LogP contribution in [0.5, 0.6) is 0 Å². The molecule has 0 amide bonds. The van der Waals surface area contributed by atoms with E-state index in [0.717, 1.165) is 5.56 Å². The van der Waals surface area contributed by atoms with Gasteiger partial charge in [-0.05, 0) is 24.9 Å². The Hall–Kier alpha value is -1.47. The molecule has 1 aromatic carbocycles. The van der Waals surface area contributed by atoms with Crippen LogP contribution in [-0.4, -0.2) is 35.8 Å². The summed E-state index contributed by atoms with van der Waals surface area (Å²) in [6, 6.07) is 9.14. The van der Waals surface area contributed by atoms with Crippen molar-refractivity contribution in [3.63, 3.8) is 0 Å². The summed E-state index contributed by atoms with van der Waals surface area (Å²) in [4.78, 5) is 11.3. The summed E-state index contributed by atoms with van der Waals surface area (Å²) >= 11 is 0. The standard InChI is InChI=1S/C14H23N3O3/c15-7-6-12(16)8-14(17,13(18)19)10-20-9-11-4-2-1-3-5-11/h1-5,12H,6-10,15-17H2,(H,18,19). The first-order valence-electron chi connectivity index (χ1n) is 6.57. The van der Waals surface area contributed by atoms with Crippen LogP contribution >= 0.6 is 0 Å². The fourth-order valence-electron chi connectivity index (χ4n) is 1.92. The van der Waals surface area contributed by atoms with Crippen molar-refractivity contribution < 1.29 is 14.6 Å². The Bertz CT molecular complexity index is 413. The van der Waals surface area contributed by atoms with E-state index >= 15 is 0 Å². The SMILES string of the molecule is NCCC(N)CC(N)(COCc1ccccc1)C(=O)O. The van der Waals surface area contributed by atoms with E-state index in [0.29, 0.717) is 19.6 Å². The van der Waals surface area contributed by atoms with E-state index in [1.807, 2.05) is 30.3 Å². The molecule has 6 nitrogen and oxygen atoms in total. The first-order valence-corrected chi connectivity index (χ1v) is 6.57. The maximum absolute atomic E-state index is 11.3. The molecule has 0 aliphatic carbocycles. The van der Waals surface area contributed by atoms with Crippen molar-refractivity contribution in [3.8, 4) is 0 Å². The topological polar surface area (TPSA) is 125 Å². The molecular weight excluding hydrogens is 258 g/mol. The van der Waals surface area contributed by atoms with Crippen LogP contribution in [0.1, 0.15) is 18.4 Å². The molecule has 7 N–H and O–H groups in total. The van der Waals surface area contributed by atoms with E-state index in [4.69, 9.17) is 21.9 Å². The highest BCUT2D eigenvalue weighted by atomic mass is 16.5. The van der Waals surface area contributed by atoms with Crippen LogP contribution in [0.2, 0.25) is 0 Å². The van der Waals surface area contributed by atoms with E-state index in [2.05, 4.69) is 0 Å². The second-order valence-corrected chi connectivity index (χ2v) is 4.98. The molecular formula is C14H23N3O3. The number of aliphatic carboxylic acids is 1. The molecule has 0 bridgehead atoms. The van der Waals surface area contributed by atoms with E-state index in [1.165, 1.54) is 0 Å². The molecule has 112 valence electrons. The zero-order chi connectivity index (χ0) is 15.0. The predicted molar refractivity (Wildman–Crippen MR) is 76.9 cm³/mol. The quantitative estimate of drug-likeness (QED) is 0.507. The molecule has 20 heavy (non-hydrogen) atoms. The molecule has 0 saturated heterocycles. The third-order valence-electron chi connectivity index (χ3n) is 3.06. The van der Waals surface area contributed by atoms with Gasteiger partial charge in [0.15, 0.2) is 0 Å². The van der Waals surface area contributed by atoms with Gasteiger partial charge < -0.3 is 27.0 Å². The van der Waals surface area contributed by atoms with Crippen LogP contribution in [0.15, 0.2) is 30.3 Å². The number of nitrogens with two attached hydrogens (primary N) is 3. The molecule has 1 rings (SSSR count). The Morgan fingerprint density at radius 2 is 2.00 bits per heavy atom. The smallest absolute Gasteiger partial charge is 0.326 e. The monoisotopic (exact) mass is 281 g/mol. The minimum Gasteiger partial charge on any atom is -0.480 e. The van der Waals surface area contributed by atoms with Gasteiger partial charge in [0.05, 0.1) is 13.2 Å². The largest absolute Gasteiger partial charge is 0.480 e. The number of carboxylic acids is 1. The lowest BCUT2D eigenvalue weighted by atomic mass is 9.92. The highest BCUT2D eigenvalue weighted by Crippen LogP contribution is 2.13. The van der Waals surface area contributed by atoms with Crippen LogP contribution in [0.3, 0.4) is 0 Å². The lowest BCUT2D eigenvalue weighted by Gasteiger charge is -2.27. The number of hydrogen-bond donors (Lipinski definition) is 4. The molecule has 0 aliphatic heterocycles. The Kier molecular flexibility index (Phi) is 6.60. The normalized spacial score (nSPS) is 15.6. The number of carboxylic acid groups (broad SMARTS) is 1. The summed E-state index contributed by atoms with van der Waals surface area (Å²) in [5.74, 6) is -1.11. The molecule has 6 heteroatoms. The van der Waals surface area contributed by atoms with Crippen molar-refractivity contribution in [2.45, 2.75) is 31.0 Å². The van der Waals surface area contributed by atoms with Crippen LogP contribution in [0.4, 0.5) is 0 Å². The van der Waals surface area contributed by atoms with Gasteiger partial charge in [0.1, 0.15) is 5.54 Å². The van der Waals surface area contributed by atoms with Gasteiger partial charge in [0, 0.05) is 6.04 Å². The molecule has 0 radical (unpaired) electrons. The first kappa shape index (κ1) is 16.6. The maximum atomic E-state index is 11.3. The average Bonchev–Trinajstić information content (AvgIpc) is 2.40. The molecule has 2 unspecified atom stereocenters. The fraction of sp³-hybridized carbons (Fsp3) is 0.500. The van der Waals surface area contributed by atoms with E-state index < -0.39 is 11.5 Å². The minimum atomic E-state index is -1.48. The minimum absolute atomic E-state index is 0.0878. The van der Waals surface area contributed by atoms with Gasteiger partial charge in [0.2, 0.25) is 0 Å². The van der Waals surface area contributed by atoms with Crippen LogP contribution < -0.4 is 17.2 Å². The summed E-state index contributed by atoms with van der Waals surface area (Å²) in [6.45, 7) is 0.635. The molecule has 2 atom stereocenters. The third-order valence-corrected chi connectivity index (χ3v) is 3.06. The summed E-state index contributed by atoms with van der Waals surface area (Å²) < 4.78 is 5.43. The highest BCUT2D eigenvalue weighted by Gasteiger charge is 2.36. The molecule has 0 saturated carbocycles. The summed E-state index contributed by atoms with van der Waals surface area (Å²) in [7, 11) is 0. The Balaban J connectivity index is 2.52. The van der Waals surface area contributed by atoms with Gasteiger partial charge in [-0.2, -0.15) is 0 Å². The van der Waals surface area contributed by atoms with E-state index in [-0.39, 0.29) is 19.1 Å². The Morgan fingerprint density at radius 3 is 2.55 bits per heavy atom. The Labute approximate surface area is 118 Å². The number of benzene rings is 1. The van der Waals surface area contributed by atoms with Crippen molar-refractivity contribution in [1.82, 2.24) is 0 Å². The number of carbonyl (C=O) groups is 1. The summed E-state index contributed by atoms with van der Waals surface area (Å²) in [5, 5.41) is 9.26. The second kappa shape index (κ2) is 7.96. The first-order chi connectivity index (χ1) is 9.48. The molecule has 1 aromatic rings. The van der Waals surface area contributed by atoms with E-state index in [9.17, 15) is 9.90 Å². The molecule has 0 spiro atoms. The Morgan fingerprint density at radius 1 is 1.35 bits per heavy atom. The van der Waals surface area contributed by atoms with Crippen LogP contribution in [0.25, 0.3) is 0 Å². The van der Waals surface area contributed by atoms with Crippen molar-refractivity contribution in [2.75, 3.05) is 13.2 Å². The third kappa shape index (κ3) is 5.26. The zero-order valence-electron chi connectivity index (χ0n) is 11.5. The lowest BCUT2D eigenvalue weighted by molar-refractivity contribution is -0.146. The number of ether oxygens (including phenoxy) is 1. The fourth-order valence-corrected chi connectivity index (χ4v) is 1.92. The molecule has 0 fully saturated rings. The van der Waals surface area contributed by atoms with Crippen molar-refractivity contribution in [3.05, 3.63) is 35.9 Å². The predicted octanol–water partition coefficient (Wildman–Crippen LogP) is 0.0515. The lowest BCUT2D eigenvalue weighted by Crippen LogP contribution is -2.55. The highest BCUT2D eigenvalue weighted by molar-refractivity contribution is 5.78. The van der Waals surface area contributed by atoms with Gasteiger partial charge >= 0.3 is 5.97 Å². The average molecular weight is 281 g/mol. The molecule has 0 heterocycles. The summed E-state index contributed by atoms with van der Waals surface area (Å²) in [5.41, 5.74) is 16.6. The van der Waals surface area contributed by atoms with Gasteiger partial charge in [-0.1, -0.05) is 30.3 Å². The van der Waals surface area contributed by atoms with E-state index in [1.54, 1.807) is 0 Å². The van der Waals surface area contributed by atoms with Crippen molar-refractivity contribution in [2.24, 2.45) is 17.2 Å². The van der Waals surface area contributed by atoms with Gasteiger partial charge in [0.25, 0.3) is 0 Å². The maximum Gasteiger partial charge on any atom is 0.326 e. The van der Waals surface area contributed by atoms with Gasteiger partial charge in [-0.25, -0.2) is 0 Å².